The molecule has 2 atom stereocenters. The number of rotatable bonds is 6. The maximum absolute atomic E-state index is 6.07. The summed E-state index contributed by atoms with van der Waals surface area (Å²) in [6, 6.07) is 0.428. The Bertz CT molecular complexity index is 448. The van der Waals surface area contributed by atoms with Crippen molar-refractivity contribution < 1.29 is 9.47 Å². The fraction of sp³-hybridized carbons (Fsp3) is 0.857. The summed E-state index contributed by atoms with van der Waals surface area (Å²) in [7, 11) is 1.71. The number of nitrogens with zero attached hydrogens (tertiary/aromatic N) is 3. The van der Waals surface area contributed by atoms with Crippen LogP contribution in [0.3, 0.4) is 0 Å². The van der Waals surface area contributed by atoms with Gasteiger partial charge in [0.2, 0.25) is 0 Å². The van der Waals surface area contributed by atoms with Gasteiger partial charge in [-0.1, -0.05) is 0 Å². The number of ether oxygens (including phenoxy) is 2. The highest BCUT2D eigenvalue weighted by molar-refractivity contribution is 7.99. The van der Waals surface area contributed by atoms with Gasteiger partial charge in [0.1, 0.15) is 6.33 Å². The highest BCUT2D eigenvalue weighted by Gasteiger charge is 2.41. The van der Waals surface area contributed by atoms with Crippen LogP contribution in [0.1, 0.15) is 31.1 Å². The minimum Gasteiger partial charge on any atom is -0.383 e. The van der Waals surface area contributed by atoms with Crippen LogP contribution in [0.15, 0.2) is 6.33 Å². The molecule has 118 valence electrons. The lowest BCUT2D eigenvalue weighted by atomic mass is 9.90. The Morgan fingerprint density at radius 2 is 2.57 bits per heavy atom. The molecule has 2 saturated heterocycles. The summed E-state index contributed by atoms with van der Waals surface area (Å²) >= 11 is 2.01. The second-order valence-electron chi connectivity index (χ2n) is 5.79. The van der Waals surface area contributed by atoms with Crippen molar-refractivity contribution in [1.29, 1.82) is 0 Å². The Morgan fingerprint density at radius 1 is 1.62 bits per heavy atom. The molecule has 6 nitrogen and oxygen atoms in total. The molecule has 0 aliphatic carbocycles. The molecule has 2 aliphatic heterocycles. The van der Waals surface area contributed by atoms with Gasteiger partial charge in [-0.25, -0.2) is 9.67 Å². The lowest BCUT2D eigenvalue weighted by molar-refractivity contribution is -0.0779. The molecule has 0 amide bonds. The Hall–Kier alpha value is -0.630. The molecular formula is C14H24N4O2S. The van der Waals surface area contributed by atoms with Crippen LogP contribution in [0, 0.1) is 0 Å². The number of aromatic nitrogens is 3. The van der Waals surface area contributed by atoms with Gasteiger partial charge in [-0.05, 0) is 25.0 Å². The molecule has 1 N–H and O–H groups in total. The topological polar surface area (TPSA) is 61.2 Å². The van der Waals surface area contributed by atoms with E-state index in [1.54, 1.807) is 7.11 Å². The normalized spacial score (nSPS) is 29.3. The number of nitrogens with one attached hydrogen (secondary N) is 1. The molecular weight excluding hydrogens is 288 g/mol. The van der Waals surface area contributed by atoms with E-state index in [0.29, 0.717) is 19.2 Å². The van der Waals surface area contributed by atoms with Crippen molar-refractivity contribution in [2.75, 3.05) is 38.4 Å². The SMILES string of the molecule is COCCNCc1ncn(C2CCOC3(CCSC3)C2)n1. The van der Waals surface area contributed by atoms with Gasteiger partial charge in [0.05, 0.1) is 24.8 Å². The first-order valence-corrected chi connectivity index (χ1v) is 8.78. The minimum absolute atomic E-state index is 0.0937. The molecule has 1 aromatic rings. The van der Waals surface area contributed by atoms with Crippen LogP contribution in [0.2, 0.25) is 0 Å². The molecule has 0 bridgehead atoms. The fourth-order valence-electron chi connectivity index (χ4n) is 3.03. The molecule has 0 saturated carbocycles. The molecule has 0 aromatic carbocycles. The molecule has 2 unspecified atom stereocenters. The van der Waals surface area contributed by atoms with Crippen LogP contribution >= 0.6 is 11.8 Å². The highest BCUT2D eigenvalue weighted by Crippen LogP contribution is 2.41. The Balaban J connectivity index is 1.55. The zero-order valence-corrected chi connectivity index (χ0v) is 13.4. The average Bonchev–Trinajstić information content (AvgIpc) is 3.14. The second kappa shape index (κ2) is 7.09. The summed E-state index contributed by atoms with van der Waals surface area (Å²) in [5.74, 6) is 3.20. The first-order valence-electron chi connectivity index (χ1n) is 7.63. The van der Waals surface area contributed by atoms with Crippen LogP contribution < -0.4 is 5.32 Å². The molecule has 1 aromatic heterocycles. The van der Waals surface area contributed by atoms with E-state index < -0.39 is 0 Å². The standard InChI is InChI=1S/C14H24N4O2S/c1-19-6-4-15-9-13-16-11-18(17-13)12-2-5-20-14(8-12)3-7-21-10-14/h11-12,15H,2-10H2,1H3. The van der Waals surface area contributed by atoms with Crippen molar-refractivity contribution in [2.24, 2.45) is 0 Å². The van der Waals surface area contributed by atoms with Crippen LogP contribution in [0.25, 0.3) is 0 Å². The van der Waals surface area contributed by atoms with Crippen LogP contribution in [-0.2, 0) is 16.0 Å². The van der Waals surface area contributed by atoms with Crippen molar-refractivity contribution in [3.8, 4) is 0 Å². The Morgan fingerprint density at radius 3 is 3.38 bits per heavy atom. The summed E-state index contributed by atoms with van der Waals surface area (Å²) in [4.78, 5) is 4.41. The van der Waals surface area contributed by atoms with Crippen LogP contribution in [-0.4, -0.2) is 58.7 Å². The predicted molar refractivity (Wildman–Crippen MR) is 82.5 cm³/mol. The van der Waals surface area contributed by atoms with Gasteiger partial charge in [0.25, 0.3) is 0 Å². The summed E-state index contributed by atoms with van der Waals surface area (Å²) < 4.78 is 13.1. The fourth-order valence-corrected chi connectivity index (χ4v) is 4.41. The van der Waals surface area contributed by atoms with Crippen molar-refractivity contribution in [3.63, 3.8) is 0 Å². The van der Waals surface area contributed by atoms with Crippen LogP contribution in [0.4, 0.5) is 0 Å². The molecule has 3 rings (SSSR count). The van der Waals surface area contributed by atoms with Crippen LogP contribution in [0.5, 0.6) is 0 Å². The van der Waals surface area contributed by atoms with Crippen molar-refractivity contribution in [1.82, 2.24) is 20.1 Å². The van der Waals surface area contributed by atoms with E-state index in [2.05, 4.69) is 15.4 Å². The molecule has 21 heavy (non-hydrogen) atoms. The van der Waals surface area contributed by atoms with E-state index >= 15 is 0 Å². The van der Waals surface area contributed by atoms with Crippen molar-refractivity contribution in [2.45, 2.75) is 37.5 Å². The third-order valence-corrected chi connectivity index (χ3v) is 5.45. The average molecular weight is 312 g/mol. The summed E-state index contributed by atoms with van der Waals surface area (Å²) in [6.07, 6.45) is 5.15. The zero-order valence-electron chi connectivity index (χ0n) is 12.6. The van der Waals surface area contributed by atoms with Gasteiger partial charge in [0.15, 0.2) is 5.82 Å². The summed E-state index contributed by atoms with van der Waals surface area (Å²) in [5.41, 5.74) is 0.0937. The molecule has 3 heterocycles. The predicted octanol–water partition coefficient (Wildman–Crippen LogP) is 1.24. The molecule has 2 fully saturated rings. The molecule has 2 aliphatic rings. The van der Waals surface area contributed by atoms with E-state index in [9.17, 15) is 0 Å². The third kappa shape index (κ3) is 3.77. The Labute approximate surface area is 130 Å². The summed E-state index contributed by atoms with van der Waals surface area (Å²) in [6.45, 7) is 3.07. The first kappa shape index (κ1) is 15.3. The lowest BCUT2D eigenvalue weighted by Crippen LogP contribution is -2.40. The quantitative estimate of drug-likeness (QED) is 0.798. The van der Waals surface area contributed by atoms with E-state index in [1.165, 1.54) is 12.2 Å². The maximum Gasteiger partial charge on any atom is 0.164 e. The Kier molecular flexibility index (Phi) is 5.15. The van der Waals surface area contributed by atoms with Gasteiger partial charge in [-0.3, -0.25) is 0 Å². The molecule has 7 heteroatoms. The number of hydrogen-bond donors (Lipinski definition) is 1. The van der Waals surface area contributed by atoms with Crippen molar-refractivity contribution in [3.05, 3.63) is 12.2 Å². The monoisotopic (exact) mass is 312 g/mol. The van der Waals surface area contributed by atoms with Gasteiger partial charge in [-0.15, -0.1) is 0 Å². The minimum atomic E-state index is 0.0937. The van der Waals surface area contributed by atoms with E-state index in [0.717, 1.165) is 37.6 Å². The summed E-state index contributed by atoms with van der Waals surface area (Å²) in [5, 5.41) is 7.90. The zero-order chi connectivity index (χ0) is 14.5. The van der Waals surface area contributed by atoms with Gasteiger partial charge in [0, 0.05) is 26.0 Å². The number of methoxy groups -OCH3 is 1. The largest absolute Gasteiger partial charge is 0.383 e. The first-order chi connectivity index (χ1) is 10.3. The molecule has 0 radical (unpaired) electrons. The second-order valence-corrected chi connectivity index (χ2v) is 6.90. The maximum atomic E-state index is 6.07. The van der Waals surface area contributed by atoms with E-state index in [1.807, 2.05) is 22.8 Å². The number of hydrogen-bond acceptors (Lipinski definition) is 6. The van der Waals surface area contributed by atoms with Crippen molar-refractivity contribution >= 4 is 11.8 Å². The molecule has 1 spiro atoms. The van der Waals surface area contributed by atoms with E-state index in [4.69, 9.17) is 9.47 Å². The highest BCUT2D eigenvalue weighted by atomic mass is 32.2. The van der Waals surface area contributed by atoms with E-state index in [-0.39, 0.29) is 5.60 Å². The van der Waals surface area contributed by atoms with Gasteiger partial charge in [-0.2, -0.15) is 16.9 Å². The smallest absolute Gasteiger partial charge is 0.164 e. The van der Waals surface area contributed by atoms with Gasteiger partial charge >= 0.3 is 0 Å². The van der Waals surface area contributed by atoms with Gasteiger partial charge < -0.3 is 14.8 Å². The number of thioether (sulfide) groups is 1. The third-order valence-electron chi connectivity index (χ3n) is 4.23. The lowest BCUT2D eigenvalue weighted by Gasteiger charge is -2.37.